The van der Waals surface area contributed by atoms with E-state index >= 15 is 0 Å². The van der Waals surface area contributed by atoms with Crippen molar-refractivity contribution in [3.05, 3.63) is 29.7 Å². The number of aromatic amines is 1. The van der Waals surface area contributed by atoms with E-state index in [1.54, 1.807) is 11.8 Å². The molecule has 0 radical (unpaired) electrons. The van der Waals surface area contributed by atoms with Gasteiger partial charge in [0.15, 0.2) is 0 Å². The van der Waals surface area contributed by atoms with Gasteiger partial charge in [-0.25, -0.2) is 9.97 Å². The van der Waals surface area contributed by atoms with Crippen molar-refractivity contribution in [3.63, 3.8) is 0 Å². The number of hydrogen-bond acceptors (Lipinski definition) is 7. The Bertz CT molecular complexity index is 844. The summed E-state index contributed by atoms with van der Waals surface area (Å²) in [4.78, 5) is 27.1. The van der Waals surface area contributed by atoms with Gasteiger partial charge in [-0.15, -0.1) is 24.2 Å². The van der Waals surface area contributed by atoms with E-state index in [1.165, 1.54) is 6.33 Å². The molecule has 4 heterocycles. The maximum absolute atomic E-state index is 12.7. The van der Waals surface area contributed by atoms with Gasteiger partial charge in [0.25, 0.3) is 5.91 Å². The summed E-state index contributed by atoms with van der Waals surface area (Å²) in [6.45, 7) is 3.33. The molecule has 2 aromatic heterocycles. The SMILES string of the molecule is CC(NC(=O)C1=CN(c2ncnc3[nH]ccc23)CCS1)[C@H]1C[C@H](O)CN1.Cl. The lowest BCUT2D eigenvalue weighted by atomic mass is 10.1. The number of anilines is 1. The molecule has 4 rings (SSSR count). The van der Waals surface area contributed by atoms with E-state index in [0.717, 1.165) is 29.1 Å². The molecule has 10 heteroatoms. The Morgan fingerprint density at radius 2 is 2.33 bits per heavy atom. The van der Waals surface area contributed by atoms with Crippen molar-refractivity contribution in [2.45, 2.75) is 31.5 Å². The van der Waals surface area contributed by atoms with Crippen molar-refractivity contribution >= 4 is 46.9 Å². The van der Waals surface area contributed by atoms with Crippen LogP contribution >= 0.6 is 24.2 Å². The molecule has 0 bridgehead atoms. The molecule has 1 fully saturated rings. The van der Waals surface area contributed by atoms with Crippen LogP contribution in [0, 0.1) is 0 Å². The number of nitrogens with one attached hydrogen (secondary N) is 3. The third kappa shape index (κ3) is 4.21. The second kappa shape index (κ2) is 8.47. The Kier molecular flexibility index (Phi) is 6.25. The fourth-order valence-corrected chi connectivity index (χ4v) is 4.28. The van der Waals surface area contributed by atoms with Crippen molar-refractivity contribution in [1.29, 1.82) is 0 Å². The van der Waals surface area contributed by atoms with Gasteiger partial charge in [-0.3, -0.25) is 4.79 Å². The van der Waals surface area contributed by atoms with Gasteiger partial charge < -0.3 is 25.6 Å². The van der Waals surface area contributed by atoms with Crippen molar-refractivity contribution < 1.29 is 9.90 Å². The number of hydrogen-bond donors (Lipinski definition) is 4. The Morgan fingerprint density at radius 1 is 1.48 bits per heavy atom. The lowest BCUT2D eigenvalue weighted by molar-refractivity contribution is -0.117. The predicted molar refractivity (Wildman–Crippen MR) is 109 cm³/mol. The smallest absolute Gasteiger partial charge is 0.259 e. The Hall–Kier alpha value is -1.81. The normalized spacial score (nSPS) is 23.6. The van der Waals surface area contributed by atoms with Gasteiger partial charge in [0.05, 0.1) is 16.4 Å². The molecule has 2 aliphatic rings. The number of rotatable bonds is 4. The number of nitrogens with zero attached hydrogens (tertiary/aromatic N) is 3. The van der Waals surface area contributed by atoms with Crippen molar-refractivity contribution in [1.82, 2.24) is 25.6 Å². The van der Waals surface area contributed by atoms with Crippen LogP contribution in [-0.2, 0) is 4.79 Å². The molecule has 1 amide bonds. The molecule has 0 saturated carbocycles. The Morgan fingerprint density at radius 3 is 3.11 bits per heavy atom. The predicted octanol–water partition coefficient (Wildman–Crippen LogP) is 1.00. The molecule has 4 N–H and O–H groups in total. The Balaban J connectivity index is 0.00000210. The second-order valence-corrected chi connectivity index (χ2v) is 7.78. The zero-order valence-electron chi connectivity index (χ0n) is 14.9. The van der Waals surface area contributed by atoms with Crippen molar-refractivity contribution in [2.24, 2.45) is 0 Å². The summed E-state index contributed by atoms with van der Waals surface area (Å²) in [5.74, 6) is 1.52. The Labute approximate surface area is 167 Å². The summed E-state index contributed by atoms with van der Waals surface area (Å²) in [6.07, 6.45) is 5.56. The number of β-amino-alcohol motifs (C(OH)–C–C–N with tert-alkyl or cyclic N) is 1. The molecular weight excluding hydrogens is 388 g/mol. The van der Waals surface area contributed by atoms with Crippen LogP contribution in [0.4, 0.5) is 5.82 Å². The first kappa shape index (κ1) is 19.9. The number of carbonyl (C=O) groups excluding carboxylic acids is 1. The number of aliphatic hydroxyl groups is 1. The lowest BCUT2D eigenvalue weighted by Crippen LogP contribution is -2.46. The third-order valence-electron chi connectivity index (χ3n) is 4.80. The van der Waals surface area contributed by atoms with E-state index in [0.29, 0.717) is 17.9 Å². The molecule has 2 aromatic rings. The third-order valence-corrected chi connectivity index (χ3v) is 5.78. The number of aromatic nitrogens is 3. The molecule has 1 unspecified atom stereocenters. The van der Waals surface area contributed by atoms with Gasteiger partial charge in [-0.1, -0.05) is 0 Å². The van der Waals surface area contributed by atoms with Gasteiger partial charge in [0.2, 0.25) is 0 Å². The zero-order chi connectivity index (χ0) is 18.1. The van der Waals surface area contributed by atoms with Gasteiger partial charge in [0, 0.05) is 43.3 Å². The van der Waals surface area contributed by atoms with Crippen LogP contribution in [0.25, 0.3) is 11.0 Å². The highest BCUT2D eigenvalue weighted by atomic mass is 35.5. The molecule has 2 aliphatic heterocycles. The quantitative estimate of drug-likeness (QED) is 0.595. The van der Waals surface area contributed by atoms with Crippen molar-refractivity contribution in [3.8, 4) is 0 Å². The summed E-state index contributed by atoms with van der Waals surface area (Å²) < 4.78 is 0. The first-order valence-corrected chi connectivity index (χ1v) is 9.72. The second-order valence-electron chi connectivity index (χ2n) is 6.64. The monoisotopic (exact) mass is 410 g/mol. The van der Waals surface area contributed by atoms with E-state index < -0.39 is 0 Å². The average molecular weight is 411 g/mol. The van der Waals surface area contributed by atoms with Crippen LogP contribution in [0.5, 0.6) is 0 Å². The maximum Gasteiger partial charge on any atom is 0.259 e. The summed E-state index contributed by atoms with van der Waals surface area (Å²) in [5.41, 5.74) is 0.784. The lowest BCUT2D eigenvalue weighted by Gasteiger charge is -2.27. The van der Waals surface area contributed by atoms with Crippen LogP contribution in [0.1, 0.15) is 13.3 Å². The van der Waals surface area contributed by atoms with Gasteiger partial charge in [-0.05, 0) is 19.4 Å². The summed E-state index contributed by atoms with van der Waals surface area (Å²) in [6, 6.07) is 1.99. The number of aliphatic hydroxyl groups excluding tert-OH is 1. The number of amides is 1. The summed E-state index contributed by atoms with van der Waals surface area (Å²) in [7, 11) is 0. The molecule has 0 spiro atoms. The zero-order valence-corrected chi connectivity index (χ0v) is 16.5. The van der Waals surface area contributed by atoms with E-state index in [4.69, 9.17) is 0 Å². The molecule has 0 aliphatic carbocycles. The van der Waals surface area contributed by atoms with Crippen LogP contribution < -0.4 is 15.5 Å². The van der Waals surface area contributed by atoms with E-state index in [-0.39, 0.29) is 36.5 Å². The highest BCUT2D eigenvalue weighted by Crippen LogP contribution is 2.29. The number of H-pyrrole nitrogens is 1. The van der Waals surface area contributed by atoms with Crippen LogP contribution in [-0.4, -0.2) is 63.0 Å². The first-order chi connectivity index (χ1) is 12.6. The molecule has 8 nitrogen and oxygen atoms in total. The fourth-order valence-electron chi connectivity index (χ4n) is 3.38. The number of carbonyl (C=O) groups is 1. The first-order valence-electron chi connectivity index (χ1n) is 8.73. The number of halogens is 1. The van der Waals surface area contributed by atoms with E-state index in [1.807, 2.05) is 30.3 Å². The highest BCUT2D eigenvalue weighted by Gasteiger charge is 2.29. The summed E-state index contributed by atoms with van der Waals surface area (Å²) >= 11 is 1.55. The van der Waals surface area contributed by atoms with Crippen LogP contribution in [0.15, 0.2) is 29.7 Å². The highest BCUT2D eigenvalue weighted by molar-refractivity contribution is 8.04. The molecule has 3 atom stereocenters. The van der Waals surface area contributed by atoms with Crippen LogP contribution in [0.3, 0.4) is 0 Å². The van der Waals surface area contributed by atoms with Gasteiger partial charge in [0.1, 0.15) is 17.8 Å². The topological polar surface area (TPSA) is 106 Å². The largest absolute Gasteiger partial charge is 0.392 e. The summed E-state index contributed by atoms with van der Waals surface area (Å²) in [5, 5.41) is 16.9. The standard InChI is InChI=1S/C17H22N6O2S.ClH/c1-10(13-6-11(24)7-19-13)22-17(25)14-8-23(4-5-26-14)16-12-2-3-18-15(12)20-9-21-16;/h2-3,8-11,13,19,24H,4-7H2,1H3,(H,22,25)(H,18,20,21);1H/t10?,11-,13+;/m0./s1. The molecule has 146 valence electrons. The molecule has 0 aromatic carbocycles. The van der Waals surface area contributed by atoms with E-state index in [9.17, 15) is 9.90 Å². The fraction of sp³-hybridized carbons (Fsp3) is 0.471. The van der Waals surface area contributed by atoms with E-state index in [2.05, 4.69) is 25.6 Å². The molecule has 27 heavy (non-hydrogen) atoms. The number of thioether (sulfide) groups is 1. The minimum Gasteiger partial charge on any atom is -0.392 e. The maximum atomic E-state index is 12.7. The average Bonchev–Trinajstić information content (AvgIpc) is 3.30. The minimum atomic E-state index is -0.334. The van der Waals surface area contributed by atoms with Gasteiger partial charge >= 0.3 is 0 Å². The molecular formula is C17H23ClN6O2S. The molecule has 1 saturated heterocycles. The van der Waals surface area contributed by atoms with Crippen molar-refractivity contribution in [2.75, 3.05) is 23.7 Å². The van der Waals surface area contributed by atoms with Gasteiger partial charge in [-0.2, -0.15) is 0 Å². The van der Waals surface area contributed by atoms with Crippen LogP contribution in [0.2, 0.25) is 0 Å². The number of fused-ring (bicyclic) bond motifs is 1. The minimum absolute atomic E-state index is 0.